The Labute approximate surface area is 153 Å². The molecule has 1 saturated heterocycles. The number of aromatic nitrogens is 2. The van der Waals surface area contributed by atoms with E-state index in [4.69, 9.17) is 0 Å². The second-order valence-electron chi connectivity index (χ2n) is 7.15. The number of benzene rings is 1. The van der Waals surface area contributed by atoms with Gasteiger partial charge >= 0.3 is 0 Å². The molecule has 1 aromatic heterocycles. The normalized spacial score (nSPS) is 27.3. The summed E-state index contributed by atoms with van der Waals surface area (Å²) in [5.74, 6) is 0.308. The van der Waals surface area contributed by atoms with Crippen LogP contribution in [0.4, 0.5) is 0 Å². The van der Waals surface area contributed by atoms with Crippen LogP contribution in [0.2, 0.25) is 0 Å². The van der Waals surface area contributed by atoms with Crippen LogP contribution < -0.4 is 0 Å². The average molecular weight is 373 g/mol. The van der Waals surface area contributed by atoms with Gasteiger partial charge in [0.1, 0.15) is 0 Å². The number of sulfone groups is 1. The van der Waals surface area contributed by atoms with Crippen molar-refractivity contribution in [3.05, 3.63) is 53.9 Å². The highest BCUT2D eigenvalue weighted by Crippen LogP contribution is 2.49. The van der Waals surface area contributed by atoms with E-state index in [9.17, 15) is 13.2 Å². The third-order valence-electron chi connectivity index (χ3n) is 5.41. The van der Waals surface area contributed by atoms with Crippen LogP contribution in [0.1, 0.15) is 36.4 Å². The second-order valence-corrected chi connectivity index (χ2v) is 9.38. The Morgan fingerprint density at radius 2 is 2.00 bits per heavy atom. The van der Waals surface area contributed by atoms with Crippen molar-refractivity contribution in [1.29, 1.82) is 0 Å². The lowest BCUT2D eigenvalue weighted by Crippen LogP contribution is -2.46. The van der Waals surface area contributed by atoms with Crippen LogP contribution in [0, 0.1) is 5.92 Å². The van der Waals surface area contributed by atoms with Crippen LogP contribution in [0.3, 0.4) is 0 Å². The lowest BCUT2D eigenvalue weighted by molar-refractivity contribution is -0.134. The molecular weight excluding hydrogens is 350 g/mol. The van der Waals surface area contributed by atoms with Crippen LogP contribution >= 0.6 is 0 Å². The number of hydrogen-bond donors (Lipinski definition) is 0. The number of carbonyl (C=O) groups excluding carboxylic acids is 1. The Balaban J connectivity index is 1.56. The summed E-state index contributed by atoms with van der Waals surface area (Å²) in [4.78, 5) is 14.9. The van der Waals surface area contributed by atoms with Crippen LogP contribution in [-0.4, -0.2) is 47.1 Å². The Kier molecular flexibility index (Phi) is 4.34. The maximum Gasteiger partial charge on any atom is 0.226 e. The Morgan fingerprint density at radius 3 is 2.69 bits per heavy atom. The summed E-state index contributed by atoms with van der Waals surface area (Å²) in [6.07, 6.45) is 4.39. The number of nitrogens with zero attached hydrogens (tertiary/aromatic N) is 3. The maximum absolute atomic E-state index is 13.1. The summed E-state index contributed by atoms with van der Waals surface area (Å²) >= 11 is 0. The Bertz CT molecular complexity index is 907. The number of hydrogen-bond acceptors (Lipinski definition) is 4. The molecule has 0 unspecified atom stereocenters. The third kappa shape index (κ3) is 3.28. The molecule has 3 atom stereocenters. The first-order valence-electron chi connectivity index (χ1n) is 9.06. The van der Waals surface area contributed by atoms with E-state index in [0.29, 0.717) is 6.54 Å². The summed E-state index contributed by atoms with van der Waals surface area (Å²) < 4.78 is 26.1. The first-order valence-corrected chi connectivity index (χ1v) is 10.9. The van der Waals surface area contributed by atoms with Crippen molar-refractivity contribution in [3.8, 4) is 0 Å². The lowest BCUT2D eigenvalue weighted by Gasteiger charge is -2.35. The van der Waals surface area contributed by atoms with Gasteiger partial charge in [0.25, 0.3) is 0 Å². The van der Waals surface area contributed by atoms with Crippen molar-refractivity contribution in [1.82, 2.24) is 14.7 Å². The van der Waals surface area contributed by atoms with Crippen LogP contribution in [-0.2, 0) is 21.2 Å². The molecule has 1 aliphatic carbocycles. The van der Waals surface area contributed by atoms with Gasteiger partial charge in [-0.25, -0.2) is 8.42 Å². The van der Waals surface area contributed by atoms with Gasteiger partial charge in [-0.15, -0.1) is 0 Å². The number of rotatable bonds is 4. The van der Waals surface area contributed by atoms with Gasteiger partial charge in [-0.05, 0) is 24.8 Å². The molecular formula is C19H23N3O3S. The van der Waals surface area contributed by atoms with E-state index in [1.54, 1.807) is 15.8 Å². The fraction of sp³-hybridized carbons (Fsp3) is 0.474. The number of amides is 1. The van der Waals surface area contributed by atoms with Gasteiger partial charge in [0, 0.05) is 30.8 Å². The van der Waals surface area contributed by atoms with E-state index >= 15 is 0 Å². The molecule has 0 N–H and O–H groups in total. The summed E-state index contributed by atoms with van der Waals surface area (Å²) in [6.45, 7) is 2.96. The number of carbonyl (C=O) groups is 1. The van der Waals surface area contributed by atoms with Gasteiger partial charge in [0.15, 0.2) is 9.84 Å². The van der Waals surface area contributed by atoms with Crippen LogP contribution in [0.15, 0.2) is 42.7 Å². The summed E-state index contributed by atoms with van der Waals surface area (Å²) in [7, 11) is -3.15. The molecule has 0 bridgehead atoms. The minimum absolute atomic E-state index is 0.0170. The van der Waals surface area contributed by atoms with Crippen LogP contribution in [0.25, 0.3) is 0 Å². The molecule has 0 spiro atoms. The molecule has 7 heteroatoms. The van der Waals surface area contributed by atoms with Crippen molar-refractivity contribution < 1.29 is 13.2 Å². The predicted molar refractivity (Wildman–Crippen MR) is 98.3 cm³/mol. The molecule has 1 aromatic carbocycles. The molecule has 26 heavy (non-hydrogen) atoms. The standard InChI is InChI=1S/C19H23N3O3S/c1-2-21-12-15(11-20-21)18-13-26(24,25)9-8-22(18)19(23)17-10-16(17)14-6-4-3-5-7-14/h3-7,11-12,16-18H,2,8-10,13H2,1H3/t16-,17-,18+/m1/s1. The molecule has 2 aromatic rings. The minimum atomic E-state index is -3.15. The first kappa shape index (κ1) is 17.3. The van der Waals surface area contributed by atoms with E-state index in [2.05, 4.69) is 17.2 Å². The van der Waals surface area contributed by atoms with Crippen molar-refractivity contribution in [2.24, 2.45) is 5.92 Å². The predicted octanol–water partition coefficient (Wildman–Crippen LogP) is 2.00. The van der Waals surface area contributed by atoms with Crippen molar-refractivity contribution >= 4 is 15.7 Å². The van der Waals surface area contributed by atoms with Crippen molar-refractivity contribution in [3.63, 3.8) is 0 Å². The quantitative estimate of drug-likeness (QED) is 0.822. The molecule has 6 nitrogen and oxygen atoms in total. The van der Waals surface area contributed by atoms with Crippen molar-refractivity contribution in [2.45, 2.75) is 31.8 Å². The van der Waals surface area contributed by atoms with E-state index in [1.807, 2.05) is 31.3 Å². The highest BCUT2D eigenvalue weighted by Gasteiger charge is 2.48. The SMILES string of the molecule is CCn1cc([C@@H]2CS(=O)(=O)CCN2C(=O)[C@@H]2C[C@@H]2c2ccccc2)cn1. The highest BCUT2D eigenvalue weighted by atomic mass is 32.2. The van der Waals surface area contributed by atoms with Gasteiger partial charge in [-0.3, -0.25) is 9.48 Å². The summed E-state index contributed by atoms with van der Waals surface area (Å²) in [5.41, 5.74) is 1.99. The Hall–Kier alpha value is -2.15. The molecule has 1 amide bonds. The Morgan fingerprint density at radius 1 is 1.23 bits per heavy atom. The molecule has 1 aliphatic heterocycles. The smallest absolute Gasteiger partial charge is 0.226 e. The zero-order chi connectivity index (χ0) is 18.3. The molecule has 138 valence electrons. The van der Waals surface area contributed by atoms with Gasteiger partial charge in [-0.1, -0.05) is 30.3 Å². The molecule has 1 saturated carbocycles. The van der Waals surface area contributed by atoms with Crippen molar-refractivity contribution in [2.75, 3.05) is 18.1 Å². The lowest BCUT2D eigenvalue weighted by atomic mass is 10.1. The third-order valence-corrected chi connectivity index (χ3v) is 7.04. The van der Waals surface area contributed by atoms with E-state index in [1.165, 1.54) is 5.56 Å². The fourth-order valence-electron chi connectivity index (χ4n) is 3.82. The number of aryl methyl sites for hydroxylation is 1. The first-order chi connectivity index (χ1) is 12.5. The minimum Gasteiger partial charge on any atom is -0.333 e. The summed E-state index contributed by atoms with van der Waals surface area (Å²) in [5, 5.41) is 4.26. The van der Waals surface area contributed by atoms with Gasteiger partial charge in [0.2, 0.25) is 5.91 Å². The van der Waals surface area contributed by atoms with E-state index < -0.39 is 15.9 Å². The zero-order valence-corrected chi connectivity index (χ0v) is 15.6. The monoisotopic (exact) mass is 373 g/mol. The summed E-state index contributed by atoms with van der Waals surface area (Å²) in [6, 6.07) is 9.64. The van der Waals surface area contributed by atoms with Crippen LogP contribution in [0.5, 0.6) is 0 Å². The molecule has 4 rings (SSSR count). The molecule has 2 aliphatic rings. The maximum atomic E-state index is 13.1. The van der Waals surface area contributed by atoms with E-state index in [0.717, 1.165) is 12.0 Å². The fourth-order valence-corrected chi connectivity index (χ4v) is 5.32. The largest absolute Gasteiger partial charge is 0.333 e. The highest BCUT2D eigenvalue weighted by molar-refractivity contribution is 7.91. The zero-order valence-electron chi connectivity index (χ0n) is 14.8. The van der Waals surface area contributed by atoms with E-state index in [-0.39, 0.29) is 35.8 Å². The molecule has 2 fully saturated rings. The molecule has 2 heterocycles. The van der Waals surface area contributed by atoms with Gasteiger partial charge in [0.05, 0.1) is 23.7 Å². The van der Waals surface area contributed by atoms with Gasteiger partial charge in [-0.2, -0.15) is 5.10 Å². The average Bonchev–Trinajstić information content (AvgIpc) is 3.30. The molecule has 0 radical (unpaired) electrons. The topological polar surface area (TPSA) is 72.3 Å². The van der Waals surface area contributed by atoms with Gasteiger partial charge < -0.3 is 4.90 Å². The second kappa shape index (κ2) is 6.54.